The van der Waals surface area contributed by atoms with Crippen LogP contribution < -0.4 is 0 Å². The van der Waals surface area contributed by atoms with Crippen LogP contribution in [-0.4, -0.2) is 10.7 Å². The lowest BCUT2D eigenvalue weighted by Crippen LogP contribution is -2.31. The third-order valence-corrected chi connectivity index (χ3v) is 4.59. The minimum absolute atomic E-state index is 0.137. The van der Waals surface area contributed by atoms with Crippen molar-refractivity contribution in [3.63, 3.8) is 0 Å². The van der Waals surface area contributed by atoms with Crippen molar-refractivity contribution in [3.8, 4) is 0 Å². The molecule has 0 radical (unpaired) electrons. The first-order valence-electron chi connectivity index (χ1n) is 6.96. The Kier molecular flexibility index (Phi) is 4.22. The van der Waals surface area contributed by atoms with E-state index < -0.39 is 11.4 Å². The highest BCUT2D eigenvalue weighted by Gasteiger charge is 2.33. The maximum atomic E-state index is 13.4. The van der Waals surface area contributed by atoms with Gasteiger partial charge in [0.05, 0.1) is 10.6 Å². The predicted molar refractivity (Wildman–Crippen MR) is 76.9 cm³/mol. The Balaban J connectivity index is 2.10. The zero-order valence-electron chi connectivity index (χ0n) is 11.7. The van der Waals surface area contributed by atoms with Crippen LogP contribution in [0.2, 0.25) is 5.02 Å². The predicted octanol–water partition coefficient (Wildman–Crippen LogP) is 4.74. The van der Waals surface area contributed by atoms with E-state index in [1.54, 1.807) is 12.1 Å². The van der Waals surface area contributed by atoms with E-state index in [1.165, 1.54) is 6.07 Å². The monoisotopic (exact) mass is 284 g/mol. The lowest BCUT2D eigenvalue weighted by molar-refractivity contribution is 0.0225. The highest BCUT2D eigenvalue weighted by atomic mass is 35.5. The Hall–Kier alpha value is -0.600. The van der Waals surface area contributed by atoms with E-state index in [-0.39, 0.29) is 5.02 Å². The Morgan fingerprint density at radius 3 is 2.63 bits per heavy atom. The topological polar surface area (TPSA) is 20.2 Å². The van der Waals surface area contributed by atoms with Crippen LogP contribution in [0.15, 0.2) is 18.2 Å². The minimum atomic E-state index is -0.700. The fraction of sp³-hybridized carbons (Fsp3) is 0.625. The molecule has 1 aromatic carbocycles. The maximum Gasteiger partial charge on any atom is 0.142 e. The van der Waals surface area contributed by atoms with Gasteiger partial charge >= 0.3 is 0 Å². The zero-order valence-corrected chi connectivity index (χ0v) is 12.4. The molecule has 0 amide bonds. The second kappa shape index (κ2) is 5.41. The lowest BCUT2D eigenvalue weighted by atomic mass is 9.83. The SMILES string of the molecule is CC1(C)CCCC(O)(Cc2ccc(Cl)c(F)c2)CC1. The van der Waals surface area contributed by atoms with Crippen molar-refractivity contribution >= 4 is 11.6 Å². The first-order chi connectivity index (χ1) is 8.80. The third kappa shape index (κ3) is 3.93. The van der Waals surface area contributed by atoms with E-state index in [0.717, 1.165) is 37.7 Å². The van der Waals surface area contributed by atoms with Gasteiger partial charge in [0.2, 0.25) is 0 Å². The van der Waals surface area contributed by atoms with Gasteiger partial charge in [-0.2, -0.15) is 0 Å². The van der Waals surface area contributed by atoms with E-state index in [2.05, 4.69) is 13.8 Å². The lowest BCUT2D eigenvalue weighted by Gasteiger charge is -2.28. The largest absolute Gasteiger partial charge is 0.390 e. The van der Waals surface area contributed by atoms with E-state index in [0.29, 0.717) is 11.8 Å². The molecule has 1 nitrogen and oxygen atoms in total. The maximum absolute atomic E-state index is 13.4. The molecule has 1 aliphatic rings. The number of benzene rings is 1. The van der Waals surface area contributed by atoms with Gasteiger partial charge in [-0.1, -0.05) is 37.9 Å². The van der Waals surface area contributed by atoms with Gasteiger partial charge in [-0.25, -0.2) is 4.39 Å². The Morgan fingerprint density at radius 2 is 1.95 bits per heavy atom. The van der Waals surface area contributed by atoms with Gasteiger partial charge in [0.25, 0.3) is 0 Å². The van der Waals surface area contributed by atoms with Gasteiger partial charge < -0.3 is 5.11 Å². The molecule has 106 valence electrons. The van der Waals surface area contributed by atoms with E-state index >= 15 is 0 Å². The van der Waals surface area contributed by atoms with Crippen molar-refractivity contribution in [2.75, 3.05) is 0 Å². The van der Waals surface area contributed by atoms with Crippen LogP contribution in [0.25, 0.3) is 0 Å². The molecule has 3 heteroatoms. The summed E-state index contributed by atoms with van der Waals surface area (Å²) in [5.74, 6) is -0.406. The molecule has 1 aromatic rings. The molecule has 0 aliphatic heterocycles. The Bertz CT molecular complexity index is 458. The van der Waals surface area contributed by atoms with Gasteiger partial charge in [0.1, 0.15) is 5.82 Å². The van der Waals surface area contributed by atoms with Crippen LogP contribution in [0, 0.1) is 11.2 Å². The molecule has 1 fully saturated rings. The summed E-state index contributed by atoms with van der Waals surface area (Å²) in [5.41, 5.74) is 0.424. The first kappa shape index (κ1) is 14.8. The normalized spacial score (nSPS) is 27.0. The van der Waals surface area contributed by atoms with Gasteiger partial charge in [-0.3, -0.25) is 0 Å². The average molecular weight is 285 g/mol. The summed E-state index contributed by atoms with van der Waals surface area (Å²) in [6.45, 7) is 4.50. The molecule has 0 heterocycles. The van der Waals surface area contributed by atoms with Gasteiger partial charge in [-0.05, 0) is 48.8 Å². The fourth-order valence-corrected chi connectivity index (χ4v) is 3.04. The molecule has 0 spiro atoms. The van der Waals surface area contributed by atoms with E-state index in [4.69, 9.17) is 11.6 Å². The van der Waals surface area contributed by atoms with Gasteiger partial charge in [0, 0.05) is 6.42 Å². The van der Waals surface area contributed by atoms with Crippen LogP contribution in [0.1, 0.15) is 51.5 Å². The van der Waals surface area contributed by atoms with Crippen LogP contribution in [0.5, 0.6) is 0 Å². The van der Waals surface area contributed by atoms with Crippen LogP contribution in [-0.2, 0) is 6.42 Å². The van der Waals surface area contributed by atoms with E-state index in [1.807, 2.05) is 0 Å². The molecule has 1 aliphatic carbocycles. The molecule has 1 N–H and O–H groups in total. The van der Waals surface area contributed by atoms with Crippen molar-refractivity contribution < 1.29 is 9.50 Å². The van der Waals surface area contributed by atoms with Crippen molar-refractivity contribution in [2.24, 2.45) is 5.41 Å². The second-order valence-corrected chi connectivity index (χ2v) is 7.07. The quantitative estimate of drug-likeness (QED) is 0.778. The summed E-state index contributed by atoms with van der Waals surface area (Å²) in [4.78, 5) is 0. The summed E-state index contributed by atoms with van der Waals surface area (Å²) < 4.78 is 13.4. The molecule has 0 bridgehead atoms. The summed E-state index contributed by atoms with van der Waals surface area (Å²) >= 11 is 5.68. The second-order valence-electron chi connectivity index (χ2n) is 6.67. The van der Waals surface area contributed by atoms with Crippen molar-refractivity contribution in [3.05, 3.63) is 34.6 Å². The van der Waals surface area contributed by atoms with Gasteiger partial charge in [-0.15, -0.1) is 0 Å². The molecular weight excluding hydrogens is 263 g/mol. The van der Waals surface area contributed by atoms with Crippen molar-refractivity contribution in [2.45, 2.75) is 58.0 Å². The van der Waals surface area contributed by atoms with E-state index in [9.17, 15) is 9.50 Å². The molecule has 1 saturated carbocycles. The smallest absolute Gasteiger partial charge is 0.142 e. The molecular formula is C16H22ClFO. The summed E-state index contributed by atoms with van der Waals surface area (Å²) in [6, 6.07) is 4.81. The molecule has 1 unspecified atom stereocenters. The van der Waals surface area contributed by atoms with Crippen LogP contribution in [0.4, 0.5) is 4.39 Å². The zero-order chi connectivity index (χ0) is 14.1. The van der Waals surface area contributed by atoms with Crippen LogP contribution >= 0.6 is 11.6 Å². The summed E-state index contributed by atoms with van der Waals surface area (Å²) in [7, 11) is 0. The summed E-state index contributed by atoms with van der Waals surface area (Å²) in [5, 5.41) is 10.9. The molecule has 0 aromatic heterocycles. The van der Waals surface area contributed by atoms with Crippen LogP contribution in [0.3, 0.4) is 0 Å². The van der Waals surface area contributed by atoms with Gasteiger partial charge in [0.15, 0.2) is 0 Å². The molecule has 0 saturated heterocycles. The highest BCUT2D eigenvalue weighted by Crippen LogP contribution is 2.39. The third-order valence-electron chi connectivity index (χ3n) is 4.28. The van der Waals surface area contributed by atoms with Crippen molar-refractivity contribution in [1.29, 1.82) is 0 Å². The highest BCUT2D eigenvalue weighted by molar-refractivity contribution is 6.30. The molecule has 19 heavy (non-hydrogen) atoms. The number of hydrogen-bond donors (Lipinski definition) is 1. The molecule has 1 atom stereocenters. The number of rotatable bonds is 2. The standard InChI is InChI=1S/C16H22ClFO/c1-15(2)6-3-7-16(19,9-8-15)11-12-4-5-13(17)14(18)10-12/h4-5,10,19H,3,6-9,11H2,1-2H3. The Morgan fingerprint density at radius 1 is 1.21 bits per heavy atom. The molecule has 2 rings (SSSR count). The minimum Gasteiger partial charge on any atom is -0.390 e. The fourth-order valence-electron chi connectivity index (χ4n) is 2.92. The average Bonchev–Trinajstić information content (AvgIpc) is 2.44. The summed E-state index contributed by atoms with van der Waals surface area (Å²) in [6.07, 6.45) is 5.27. The Labute approximate surface area is 119 Å². The number of halogens is 2. The number of hydrogen-bond acceptors (Lipinski definition) is 1. The first-order valence-corrected chi connectivity index (χ1v) is 7.34. The van der Waals surface area contributed by atoms with Crippen molar-refractivity contribution in [1.82, 2.24) is 0 Å². The number of aliphatic hydroxyl groups is 1.